The van der Waals surface area contributed by atoms with E-state index < -0.39 is 97.5 Å². The number of carbonyl (C=O) groups is 4. The number of aliphatic hydroxyl groups is 1. The van der Waals surface area contributed by atoms with Gasteiger partial charge < -0.3 is 33.8 Å². The lowest BCUT2D eigenvalue weighted by atomic mass is 10.00. The summed E-state index contributed by atoms with van der Waals surface area (Å²) in [4.78, 5) is 72.7. The average molecular weight is 1380 g/mol. The maximum absolute atomic E-state index is 13.1. The Kier molecular flexibility index (Phi) is 63.1. The number of unbranched alkanes of at least 4 members (excludes halogenated alkanes) is 37. The van der Waals surface area contributed by atoms with Crippen molar-refractivity contribution >= 4 is 39.5 Å². The van der Waals surface area contributed by atoms with Gasteiger partial charge >= 0.3 is 39.5 Å². The Morgan fingerprint density at radius 1 is 0.298 bits per heavy atom. The predicted molar refractivity (Wildman–Crippen MR) is 381 cm³/mol. The first-order valence-electron chi connectivity index (χ1n) is 38.7. The fraction of sp³-hybridized carbons (Fsp3) is 0.947. The molecule has 0 bridgehead atoms. The molecular formula is C75H146O17P2. The van der Waals surface area contributed by atoms with E-state index in [9.17, 15) is 43.2 Å². The van der Waals surface area contributed by atoms with Crippen LogP contribution >= 0.6 is 15.6 Å². The molecule has 3 unspecified atom stereocenters. The molecule has 0 aromatic carbocycles. The van der Waals surface area contributed by atoms with Gasteiger partial charge in [0, 0.05) is 25.7 Å². The van der Waals surface area contributed by atoms with Crippen molar-refractivity contribution in [2.75, 3.05) is 39.6 Å². The zero-order valence-corrected chi connectivity index (χ0v) is 63.4. The van der Waals surface area contributed by atoms with Gasteiger partial charge in [-0.05, 0) is 49.4 Å². The van der Waals surface area contributed by atoms with Crippen molar-refractivity contribution in [3.8, 4) is 0 Å². The molecule has 0 spiro atoms. The molecule has 17 nitrogen and oxygen atoms in total. The third-order valence-corrected chi connectivity index (χ3v) is 19.6. The van der Waals surface area contributed by atoms with Crippen LogP contribution in [0.25, 0.3) is 0 Å². The van der Waals surface area contributed by atoms with Crippen LogP contribution in [0.15, 0.2) is 0 Å². The largest absolute Gasteiger partial charge is 0.472 e. The number of hydrogen-bond acceptors (Lipinski definition) is 15. The third-order valence-electron chi connectivity index (χ3n) is 17.7. The molecule has 0 aliphatic rings. The Morgan fingerprint density at radius 3 is 0.755 bits per heavy atom. The number of phosphoric ester groups is 2. The molecule has 6 atom stereocenters. The second kappa shape index (κ2) is 64.4. The lowest BCUT2D eigenvalue weighted by molar-refractivity contribution is -0.161. The number of esters is 4. The van der Waals surface area contributed by atoms with Gasteiger partial charge in [-0.1, -0.05) is 325 Å². The highest BCUT2D eigenvalue weighted by Crippen LogP contribution is 2.45. The van der Waals surface area contributed by atoms with Crippen molar-refractivity contribution in [3.05, 3.63) is 0 Å². The van der Waals surface area contributed by atoms with E-state index in [1.165, 1.54) is 173 Å². The molecular weight excluding hydrogens is 1230 g/mol. The van der Waals surface area contributed by atoms with Crippen LogP contribution < -0.4 is 0 Å². The molecule has 0 aromatic heterocycles. The van der Waals surface area contributed by atoms with Crippen molar-refractivity contribution in [1.29, 1.82) is 0 Å². The number of phosphoric acid groups is 2. The van der Waals surface area contributed by atoms with Crippen LogP contribution in [-0.2, 0) is 65.4 Å². The first-order chi connectivity index (χ1) is 45.1. The molecule has 0 aromatic rings. The van der Waals surface area contributed by atoms with E-state index >= 15 is 0 Å². The van der Waals surface area contributed by atoms with E-state index in [-0.39, 0.29) is 25.7 Å². The van der Waals surface area contributed by atoms with Crippen LogP contribution in [0.2, 0.25) is 0 Å². The zero-order chi connectivity index (χ0) is 69.6. The van der Waals surface area contributed by atoms with Gasteiger partial charge in [-0.15, -0.1) is 0 Å². The van der Waals surface area contributed by atoms with E-state index in [2.05, 4.69) is 55.4 Å². The minimum Gasteiger partial charge on any atom is -0.462 e. The van der Waals surface area contributed by atoms with E-state index in [0.29, 0.717) is 25.7 Å². The van der Waals surface area contributed by atoms with Gasteiger partial charge in [0.1, 0.15) is 19.3 Å². The highest BCUT2D eigenvalue weighted by atomic mass is 31.2. The molecule has 0 rings (SSSR count). The van der Waals surface area contributed by atoms with Gasteiger partial charge in [-0.2, -0.15) is 0 Å². The normalized spacial score (nSPS) is 14.4. The van der Waals surface area contributed by atoms with Gasteiger partial charge in [0.15, 0.2) is 12.2 Å². The Morgan fingerprint density at radius 2 is 0.511 bits per heavy atom. The number of aliphatic hydroxyl groups excluding tert-OH is 1. The van der Waals surface area contributed by atoms with Crippen LogP contribution in [0.4, 0.5) is 0 Å². The smallest absolute Gasteiger partial charge is 0.462 e. The molecule has 0 aliphatic carbocycles. The van der Waals surface area contributed by atoms with E-state index in [0.717, 1.165) is 120 Å². The second-order valence-corrected chi connectivity index (χ2v) is 31.6. The molecule has 0 radical (unpaired) electrons. The molecule has 0 saturated carbocycles. The summed E-state index contributed by atoms with van der Waals surface area (Å²) in [7, 11) is -9.91. The Balaban J connectivity index is 5.20. The van der Waals surface area contributed by atoms with Crippen LogP contribution in [-0.4, -0.2) is 96.7 Å². The summed E-state index contributed by atoms with van der Waals surface area (Å²) in [6, 6.07) is 0. The third kappa shape index (κ3) is 67.3. The Bertz CT molecular complexity index is 1850. The molecule has 0 saturated heterocycles. The summed E-state index contributed by atoms with van der Waals surface area (Å²) in [6.07, 6.45) is 48.8. The Hall–Kier alpha value is -1.94. The Labute approximate surface area is 575 Å². The average Bonchev–Trinajstić information content (AvgIpc) is 1.14. The van der Waals surface area contributed by atoms with Gasteiger partial charge in [0.2, 0.25) is 0 Å². The summed E-state index contributed by atoms with van der Waals surface area (Å²) in [6.45, 7) is 14.1. The van der Waals surface area contributed by atoms with Crippen molar-refractivity contribution < 1.29 is 80.2 Å². The van der Waals surface area contributed by atoms with E-state index in [1.54, 1.807) is 0 Å². The minimum absolute atomic E-state index is 0.103. The van der Waals surface area contributed by atoms with Crippen molar-refractivity contribution in [2.45, 2.75) is 395 Å². The fourth-order valence-corrected chi connectivity index (χ4v) is 12.9. The highest BCUT2D eigenvalue weighted by molar-refractivity contribution is 7.47. The van der Waals surface area contributed by atoms with Crippen LogP contribution in [0.5, 0.6) is 0 Å². The molecule has 0 aliphatic heterocycles. The maximum Gasteiger partial charge on any atom is 0.472 e. The van der Waals surface area contributed by atoms with E-state index in [4.69, 9.17) is 37.0 Å². The summed E-state index contributed by atoms with van der Waals surface area (Å²) >= 11 is 0. The molecule has 19 heteroatoms. The summed E-state index contributed by atoms with van der Waals surface area (Å²) in [5.74, 6) is 0.887. The van der Waals surface area contributed by atoms with Gasteiger partial charge in [-0.25, -0.2) is 9.13 Å². The summed E-state index contributed by atoms with van der Waals surface area (Å²) in [5.41, 5.74) is 0. The van der Waals surface area contributed by atoms with Crippen LogP contribution in [0.3, 0.4) is 0 Å². The number of hydrogen-bond donors (Lipinski definition) is 3. The number of rotatable bonds is 72. The number of carbonyl (C=O) groups excluding carboxylic acids is 4. The first-order valence-corrected chi connectivity index (χ1v) is 41.7. The molecule has 94 heavy (non-hydrogen) atoms. The molecule has 3 N–H and O–H groups in total. The minimum atomic E-state index is -4.96. The topological polar surface area (TPSA) is 237 Å². The zero-order valence-electron chi connectivity index (χ0n) is 61.6. The monoisotopic (exact) mass is 1380 g/mol. The highest BCUT2D eigenvalue weighted by Gasteiger charge is 2.30. The standard InChI is InChI=1S/C75H146O17P2/c1-9-68(8)54-46-38-33-34-40-48-56-73(78)86-62-71(92-75(80)58-50-42-32-26-25-29-37-45-53-67(6)7)64-90-94(83,84)88-60-69(76)59-87-93(81,82)89-63-70(61-85-72(77)55-47-39-30-24-20-22-28-36-44-52-66(4)5)91-74(79)57-49-41-31-23-19-17-15-13-11-10-12-14-16-18-21-27-35-43-51-65(2)3/h65-71,76H,9-64H2,1-8H3,(H,81,82)(H,83,84)/t68?,69-,70-,71-/m1/s1. The second-order valence-electron chi connectivity index (χ2n) is 28.7. The molecule has 0 heterocycles. The van der Waals surface area contributed by atoms with Crippen molar-refractivity contribution in [3.63, 3.8) is 0 Å². The number of ether oxygens (including phenoxy) is 4. The van der Waals surface area contributed by atoms with Crippen LogP contribution in [0.1, 0.15) is 376 Å². The molecule has 0 amide bonds. The van der Waals surface area contributed by atoms with Crippen LogP contribution in [0, 0.1) is 23.7 Å². The summed E-state index contributed by atoms with van der Waals surface area (Å²) in [5, 5.41) is 10.6. The fourth-order valence-electron chi connectivity index (χ4n) is 11.3. The molecule has 0 fully saturated rings. The van der Waals surface area contributed by atoms with Gasteiger partial charge in [0.25, 0.3) is 0 Å². The van der Waals surface area contributed by atoms with Gasteiger partial charge in [0.05, 0.1) is 26.4 Å². The van der Waals surface area contributed by atoms with Crippen molar-refractivity contribution in [2.24, 2.45) is 23.7 Å². The predicted octanol–water partition coefficient (Wildman–Crippen LogP) is 21.7. The van der Waals surface area contributed by atoms with E-state index in [1.807, 2.05) is 0 Å². The van der Waals surface area contributed by atoms with Crippen molar-refractivity contribution in [1.82, 2.24) is 0 Å². The first kappa shape index (κ1) is 92.1. The quantitative estimate of drug-likeness (QED) is 0.0222. The lowest BCUT2D eigenvalue weighted by Gasteiger charge is -2.21. The van der Waals surface area contributed by atoms with Gasteiger partial charge in [-0.3, -0.25) is 37.3 Å². The maximum atomic E-state index is 13.1. The summed E-state index contributed by atoms with van der Waals surface area (Å²) < 4.78 is 68.4. The molecule has 558 valence electrons. The lowest BCUT2D eigenvalue weighted by Crippen LogP contribution is -2.30. The SMILES string of the molecule is CCC(C)CCCCCCCCC(=O)OC[C@H](COP(=O)(O)OC[C@H](O)COP(=O)(O)OC[C@@H](COC(=O)CCCCCCCCCCCC(C)C)OC(=O)CCCCCCCCCCCCCCCCCCCCC(C)C)OC(=O)CCCCCCCCCCC(C)C.